The maximum Gasteiger partial charge on any atom is 0.344 e. The molecule has 2 N–H and O–H groups in total. The van der Waals surface area contributed by atoms with E-state index in [1.807, 2.05) is 18.2 Å². The lowest BCUT2D eigenvalue weighted by molar-refractivity contribution is -0.148. The van der Waals surface area contributed by atoms with Gasteiger partial charge < -0.3 is 14.0 Å². The molecule has 27 heavy (non-hydrogen) atoms. The summed E-state index contributed by atoms with van der Waals surface area (Å²) in [5, 5.41) is 0. The zero-order valence-corrected chi connectivity index (χ0v) is 15.3. The Hall–Kier alpha value is -2.59. The fraction of sp³-hybridized carbons (Fsp3) is 0.222. The normalized spacial score (nSPS) is 14.0. The van der Waals surface area contributed by atoms with E-state index in [9.17, 15) is 18.4 Å². The third-order valence-corrected chi connectivity index (χ3v) is 3.98. The van der Waals surface area contributed by atoms with Gasteiger partial charge in [-0.05, 0) is 30.2 Å². The van der Waals surface area contributed by atoms with Crippen LogP contribution in [0.15, 0.2) is 54.6 Å². The van der Waals surface area contributed by atoms with Crippen molar-refractivity contribution in [2.45, 2.75) is 19.3 Å². The molecule has 2 rings (SSSR count). The molecule has 0 fully saturated rings. The third-order valence-electron chi connectivity index (χ3n) is 3.50. The van der Waals surface area contributed by atoms with Crippen molar-refractivity contribution in [3.63, 3.8) is 0 Å². The Kier molecular flexibility index (Phi) is 7.19. The minimum Gasteiger partial charge on any atom is -0.750 e. The molecule has 144 valence electrons. The summed E-state index contributed by atoms with van der Waals surface area (Å²) in [6, 6.07) is 14.7. The van der Waals surface area contributed by atoms with E-state index in [1.165, 1.54) is 31.2 Å². The van der Waals surface area contributed by atoms with Gasteiger partial charge in [0.1, 0.15) is 6.61 Å². The van der Waals surface area contributed by atoms with Crippen LogP contribution < -0.4 is 5.73 Å². The Labute approximate surface area is 158 Å². The summed E-state index contributed by atoms with van der Waals surface area (Å²) in [5.41, 5.74) is 5.50. The first-order valence-corrected chi connectivity index (χ1v) is 8.83. The van der Waals surface area contributed by atoms with E-state index in [0.29, 0.717) is 5.56 Å². The standard InChI is InChI=1S/C18H19NO7S/c1-18(19,26-27(22)23)15-9-7-14(8-10-15)17(21)25-12-16(20)24-11-13-5-3-2-4-6-13/h2-10H,11-12,19H2,1H3,(H,22,23)/p-1. The Balaban J connectivity index is 1.85. The van der Waals surface area contributed by atoms with Crippen molar-refractivity contribution in [3.05, 3.63) is 71.3 Å². The van der Waals surface area contributed by atoms with Crippen LogP contribution in [0.1, 0.15) is 28.4 Å². The topological polar surface area (TPSA) is 128 Å². The third kappa shape index (κ3) is 6.57. The first-order chi connectivity index (χ1) is 12.8. The fourth-order valence-corrected chi connectivity index (χ4v) is 2.49. The first-order valence-electron chi connectivity index (χ1n) is 7.83. The van der Waals surface area contributed by atoms with Gasteiger partial charge >= 0.3 is 11.9 Å². The minimum absolute atomic E-state index is 0.0854. The summed E-state index contributed by atoms with van der Waals surface area (Å²) in [5.74, 6) is -1.41. The van der Waals surface area contributed by atoms with E-state index in [0.717, 1.165) is 5.56 Å². The fourth-order valence-electron chi connectivity index (χ4n) is 2.11. The molecule has 0 aromatic heterocycles. The van der Waals surface area contributed by atoms with Crippen LogP contribution in [0, 0.1) is 0 Å². The van der Waals surface area contributed by atoms with Crippen LogP contribution in [0.2, 0.25) is 0 Å². The number of rotatable bonds is 8. The van der Waals surface area contributed by atoms with Crippen molar-refractivity contribution in [2.24, 2.45) is 5.73 Å². The van der Waals surface area contributed by atoms with Crippen molar-refractivity contribution in [3.8, 4) is 0 Å². The molecule has 2 aromatic rings. The number of benzene rings is 2. The second-order valence-corrected chi connectivity index (χ2v) is 6.27. The van der Waals surface area contributed by atoms with Crippen molar-refractivity contribution in [2.75, 3.05) is 6.61 Å². The van der Waals surface area contributed by atoms with Gasteiger partial charge in [0.2, 0.25) is 0 Å². The van der Waals surface area contributed by atoms with Crippen LogP contribution in [-0.4, -0.2) is 27.3 Å². The molecule has 0 saturated carbocycles. The van der Waals surface area contributed by atoms with Crippen molar-refractivity contribution < 1.29 is 32.0 Å². The van der Waals surface area contributed by atoms with Gasteiger partial charge in [0, 0.05) is 0 Å². The number of carbonyl (C=O) groups is 2. The molecule has 9 heteroatoms. The molecule has 0 spiro atoms. The molecular weight excluding hydrogens is 374 g/mol. The van der Waals surface area contributed by atoms with Gasteiger partial charge in [0.15, 0.2) is 12.3 Å². The maximum absolute atomic E-state index is 12.0. The average molecular weight is 392 g/mol. The van der Waals surface area contributed by atoms with E-state index in [2.05, 4.69) is 4.18 Å². The molecular formula is C18H18NO7S-. The summed E-state index contributed by atoms with van der Waals surface area (Å²) >= 11 is -2.79. The largest absolute Gasteiger partial charge is 0.750 e. The summed E-state index contributed by atoms with van der Waals surface area (Å²) in [7, 11) is 0. The molecule has 0 amide bonds. The summed E-state index contributed by atoms with van der Waals surface area (Å²) in [4.78, 5) is 23.6. The van der Waals surface area contributed by atoms with Crippen LogP contribution >= 0.6 is 0 Å². The number of ether oxygens (including phenoxy) is 2. The monoisotopic (exact) mass is 392 g/mol. The molecule has 0 aliphatic carbocycles. The Bertz CT molecular complexity index is 806. The van der Waals surface area contributed by atoms with E-state index < -0.39 is 35.6 Å². The number of nitrogens with two attached hydrogens (primary N) is 1. The van der Waals surface area contributed by atoms with E-state index in [4.69, 9.17) is 15.2 Å². The van der Waals surface area contributed by atoms with Crippen LogP contribution in [-0.2, 0) is 42.1 Å². The summed E-state index contributed by atoms with van der Waals surface area (Å²) in [6.45, 7) is 0.918. The van der Waals surface area contributed by atoms with Gasteiger partial charge in [-0.2, -0.15) is 0 Å². The lowest BCUT2D eigenvalue weighted by Crippen LogP contribution is -2.36. The van der Waals surface area contributed by atoms with Gasteiger partial charge in [-0.3, -0.25) is 9.92 Å². The highest BCUT2D eigenvalue weighted by Crippen LogP contribution is 2.20. The van der Waals surface area contributed by atoms with Crippen molar-refractivity contribution in [1.29, 1.82) is 0 Å². The quantitative estimate of drug-likeness (QED) is 0.407. The first kappa shape index (κ1) is 20.7. The SMILES string of the molecule is CC(N)(OS(=O)[O-])c1ccc(C(=O)OCC(=O)OCc2ccccc2)cc1. The van der Waals surface area contributed by atoms with Crippen LogP contribution in [0.25, 0.3) is 0 Å². The molecule has 0 heterocycles. The number of esters is 2. The number of hydrogen-bond acceptors (Lipinski definition) is 8. The lowest BCUT2D eigenvalue weighted by atomic mass is 10.0. The smallest absolute Gasteiger partial charge is 0.344 e. The molecule has 0 radical (unpaired) electrons. The average Bonchev–Trinajstić information content (AvgIpc) is 2.64. The predicted molar refractivity (Wildman–Crippen MR) is 94.5 cm³/mol. The van der Waals surface area contributed by atoms with E-state index in [-0.39, 0.29) is 12.2 Å². The number of hydrogen-bond donors (Lipinski definition) is 1. The van der Waals surface area contributed by atoms with Crippen molar-refractivity contribution in [1.82, 2.24) is 0 Å². The van der Waals surface area contributed by atoms with Gasteiger partial charge in [-0.1, -0.05) is 42.5 Å². The summed E-state index contributed by atoms with van der Waals surface area (Å²) in [6.07, 6.45) is 0. The molecule has 0 bridgehead atoms. The molecule has 2 unspecified atom stereocenters. The van der Waals surface area contributed by atoms with Crippen molar-refractivity contribution >= 4 is 23.3 Å². The number of carbonyl (C=O) groups excluding carboxylic acids is 2. The van der Waals surface area contributed by atoms with E-state index >= 15 is 0 Å². The molecule has 0 saturated heterocycles. The molecule has 2 atom stereocenters. The second kappa shape index (κ2) is 9.38. The molecule has 0 aliphatic rings. The van der Waals surface area contributed by atoms with Gasteiger partial charge in [0.25, 0.3) is 0 Å². The zero-order chi connectivity index (χ0) is 19.9. The Morgan fingerprint density at radius 3 is 2.30 bits per heavy atom. The maximum atomic E-state index is 12.0. The minimum atomic E-state index is -2.79. The van der Waals surface area contributed by atoms with Crippen LogP contribution in [0.4, 0.5) is 0 Å². The van der Waals surface area contributed by atoms with Gasteiger partial charge in [0.05, 0.1) is 16.9 Å². The highest BCUT2D eigenvalue weighted by Gasteiger charge is 2.23. The van der Waals surface area contributed by atoms with E-state index in [1.54, 1.807) is 12.1 Å². The highest BCUT2D eigenvalue weighted by atomic mass is 32.2. The zero-order valence-electron chi connectivity index (χ0n) is 14.5. The lowest BCUT2D eigenvalue weighted by Gasteiger charge is -2.25. The highest BCUT2D eigenvalue weighted by molar-refractivity contribution is 7.74. The molecule has 8 nitrogen and oxygen atoms in total. The van der Waals surface area contributed by atoms with Crippen LogP contribution in [0.5, 0.6) is 0 Å². The Morgan fingerprint density at radius 2 is 1.70 bits per heavy atom. The summed E-state index contributed by atoms with van der Waals surface area (Å²) < 4.78 is 35.8. The van der Waals surface area contributed by atoms with Crippen LogP contribution in [0.3, 0.4) is 0 Å². The Morgan fingerprint density at radius 1 is 1.07 bits per heavy atom. The second-order valence-electron chi connectivity index (χ2n) is 5.69. The predicted octanol–water partition coefficient (Wildman–Crippen LogP) is 1.53. The molecule has 0 aliphatic heterocycles. The molecule has 2 aromatic carbocycles. The van der Waals surface area contributed by atoms with Gasteiger partial charge in [-0.25, -0.2) is 13.8 Å². The van der Waals surface area contributed by atoms with Gasteiger partial charge in [-0.15, -0.1) is 0 Å².